The lowest BCUT2D eigenvalue weighted by molar-refractivity contribution is -0.163. The van der Waals surface area contributed by atoms with Crippen molar-refractivity contribution in [3.05, 3.63) is 34.7 Å². The lowest BCUT2D eigenvalue weighted by atomic mass is 10.2. The number of ether oxygens (including phenoxy) is 2. The van der Waals surface area contributed by atoms with Gasteiger partial charge in [0.05, 0.1) is 24.2 Å². The highest BCUT2D eigenvalue weighted by Crippen LogP contribution is 2.15. The molecule has 0 aliphatic carbocycles. The van der Waals surface area contributed by atoms with Crippen molar-refractivity contribution in [2.24, 2.45) is 0 Å². The third kappa shape index (κ3) is 3.21. The predicted octanol–water partition coefficient (Wildman–Crippen LogP) is 2.59. The molecular formula is C16H21ClN2O3. The highest BCUT2D eigenvalue weighted by Gasteiger charge is 2.15. The van der Waals surface area contributed by atoms with Gasteiger partial charge in [0.25, 0.3) is 0 Å². The Balaban J connectivity index is 1.75. The van der Waals surface area contributed by atoms with Crippen molar-refractivity contribution in [3.63, 3.8) is 0 Å². The van der Waals surface area contributed by atoms with E-state index in [9.17, 15) is 4.79 Å². The highest BCUT2D eigenvalue weighted by molar-refractivity contribution is 6.17. The van der Waals surface area contributed by atoms with Gasteiger partial charge in [-0.05, 0) is 31.4 Å². The van der Waals surface area contributed by atoms with Crippen LogP contribution in [0.2, 0.25) is 0 Å². The number of benzene rings is 1. The molecule has 22 heavy (non-hydrogen) atoms. The van der Waals surface area contributed by atoms with Gasteiger partial charge >= 0.3 is 5.69 Å². The van der Waals surface area contributed by atoms with Crippen LogP contribution in [0.25, 0.3) is 11.0 Å². The van der Waals surface area contributed by atoms with E-state index in [2.05, 4.69) is 0 Å². The van der Waals surface area contributed by atoms with E-state index in [4.69, 9.17) is 21.1 Å². The summed E-state index contributed by atoms with van der Waals surface area (Å²) in [5, 5.41) is 0. The Bertz CT molecular complexity index is 674. The quantitative estimate of drug-likeness (QED) is 0.767. The smallest absolute Gasteiger partial charge is 0.329 e. The fourth-order valence-corrected chi connectivity index (χ4v) is 3.08. The summed E-state index contributed by atoms with van der Waals surface area (Å²) >= 11 is 5.81. The van der Waals surface area contributed by atoms with Crippen molar-refractivity contribution in [3.8, 4) is 0 Å². The summed E-state index contributed by atoms with van der Waals surface area (Å²) in [6.07, 6.45) is 3.05. The number of alkyl halides is 1. The topological polar surface area (TPSA) is 45.4 Å². The summed E-state index contributed by atoms with van der Waals surface area (Å²) in [5.41, 5.74) is 1.81. The first-order chi connectivity index (χ1) is 10.8. The fraction of sp³-hybridized carbons (Fsp3) is 0.562. The number of nitrogens with zero attached hydrogens (tertiary/aromatic N) is 2. The van der Waals surface area contributed by atoms with Gasteiger partial charge in [0, 0.05) is 19.0 Å². The largest absolute Gasteiger partial charge is 0.353 e. The number of hydrogen-bond donors (Lipinski definition) is 0. The van der Waals surface area contributed by atoms with Gasteiger partial charge in [-0.3, -0.25) is 9.13 Å². The van der Waals surface area contributed by atoms with E-state index in [0.717, 1.165) is 36.9 Å². The van der Waals surface area contributed by atoms with Crippen molar-refractivity contribution in [1.82, 2.24) is 9.13 Å². The first-order valence-corrected chi connectivity index (χ1v) is 8.32. The average Bonchev–Trinajstić information content (AvgIpc) is 2.82. The molecule has 0 N–H and O–H groups in total. The maximum absolute atomic E-state index is 12.5. The molecule has 0 saturated carbocycles. The third-order valence-corrected chi connectivity index (χ3v) is 4.16. The molecule has 1 atom stereocenters. The number of aryl methyl sites for hydroxylation is 1. The number of fused-ring (bicyclic) bond motifs is 1. The molecule has 3 rings (SSSR count). The molecule has 1 aromatic heterocycles. The average molecular weight is 325 g/mol. The Morgan fingerprint density at radius 3 is 2.55 bits per heavy atom. The Morgan fingerprint density at radius 1 is 1.18 bits per heavy atom. The van der Waals surface area contributed by atoms with Crippen LogP contribution < -0.4 is 5.69 Å². The highest BCUT2D eigenvalue weighted by atomic mass is 35.5. The van der Waals surface area contributed by atoms with Gasteiger partial charge < -0.3 is 9.47 Å². The lowest BCUT2D eigenvalue weighted by Gasteiger charge is -2.22. The maximum Gasteiger partial charge on any atom is 0.329 e. The molecule has 2 aromatic rings. The first kappa shape index (κ1) is 15.6. The molecule has 1 saturated heterocycles. The van der Waals surface area contributed by atoms with Crippen molar-refractivity contribution in [2.75, 3.05) is 19.1 Å². The summed E-state index contributed by atoms with van der Waals surface area (Å²) in [7, 11) is 0. The van der Waals surface area contributed by atoms with Crippen molar-refractivity contribution < 1.29 is 9.47 Å². The van der Waals surface area contributed by atoms with Crippen LogP contribution in [0.4, 0.5) is 0 Å². The monoisotopic (exact) mass is 324 g/mol. The zero-order chi connectivity index (χ0) is 15.4. The van der Waals surface area contributed by atoms with Gasteiger partial charge in [0.15, 0.2) is 6.29 Å². The molecule has 0 radical (unpaired) electrons. The van der Waals surface area contributed by atoms with Gasteiger partial charge in [-0.1, -0.05) is 12.1 Å². The van der Waals surface area contributed by atoms with Crippen LogP contribution in [-0.4, -0.2) is 34.5 Å². The van der Waals surface area contributed by atoms with E-state index >= 15 is 0 Å². The molecule has 1 aromatic carbocycles. The molecule has 0 bridgehead atoms. The fourth-order valence-electron chi connectivity index (χ4n) is 2.91. The summed E-state index contributed by atoms with van der Waals surface area (Å²) in [4.78, 5) is 12.5. The lowest BCUT2D eigenvalue weighted by Crippen LogP contribution is -2.28. The summed E-state index contributed by atoms with van der Waals surface area (Å²) in [5.74, 6) is 0.417. The molecule has 1 fully saturated rings. The molecule has 0 spiro atoms. The number of hydrogen-bond acceptors (Lipinski definition) is 3. The number of para-hydroxylation sites is 2. The molecule has 120 valence electrons. The summed E-state index contributed by atoms with van der Waals surface area (Å²) in [6.45, 7) is 2.27. The Morgan fingerprint density at radius 2 is 1.91 bits per heavy atom. The second kappa shape index (κ2) is 7.31. The van der Waals surface area contributed by atoms with Gasteiger partial charge in [0.1, 0.15) is 0 Å². The summed E-state index contributed by atoms with van der Waals surface area (Å²) in [6, 6.07) is 7.78. The van der Waals surface area contributed by atoms with Gasteiger partial charge in [-0.15, -0.1) is 11.6 Å². The Kier molecular flexibility index (Phi) is 5.18. The minimum atomic E-state index is -0.124. The van der Waals surface area contributed by atoms with Gasteiger partial charge in [-0.25, -0.2) is 4.79 Å². The van der Waals surface area contributed by atoms with Crippen LogP contribution in [-0.2, 0) is 22.6 Å². The molecule has 1 aliphatic heterocycles. The van der Waals surface area contributed by atoms with E-state index < -0.39 is 0 Å². The van der Waals surface area contributed by atoms with E-state index in [1.807, 2.05) is 24.3 Å². The molecule has 1 unspecified atom stereocenters. The number of imidazole rings is 1. The zero-order valence-electron chi connectivity index (χ0n) is 12.5. The van der Waals surface area contributed by atoms with Gasteiger partial charge in [0.2, 0.25) is 0 Å². The van der Waals surface area contributed by atoms with E-state index in [1.165, 1.54) is 0 Å². The van der Waals surface area contributed by atoms with Crippen LogP contribution in [0.5, 0.6) is 0 Å². The predicted molar refractivity (Wildman–Crippen MR) is 86.5 cm³/mol. The Labute approximate surface area is 134 Å². The SMILES string of the molecule is O=c1n(CCCl)c2ccccc2n1CCOC1CCCCO1. The molecular weight excluding hydrogens is 304 g/mol. The van der Waals surface area contributed by atoms with Crippen LogP contribution in [0.15, 0.2) is 29.1 Å². The van der Waals surface area contributed by atoms with Crippen LogP contribution in [0.3, 0.4) is 0 Å². The number of aromatic nitrogens is 2. The molecule has 2 heterocycles. The minimum absolute atomic E-state index is 0.0324. The van der Waals surface area contributed by atoms with Crippen molar-refractivity contribution in [2.45, 2.75) is 38.6 Å². The van der Waals surface area contributed by atoms with Crippen LogP contribution >= 0.6 is 11.6 Å². The second-order valence-corrected chi connectivity index (χ2v) is 5.81. The minimum Gasteiger partial charge on any atom is -0.353 e. The normalized spacial score (nSPS) is 18.9. The molecule has 1 aliphatic rings. The standard InChI is InChI=1S/C16H21ClN2O3/c17-8-9-18-13-5-1-2-6-14(13)19(16(18)20)10-12-22-15-7-3-4-11-21-15/h1-2,5-6,15H,3-4,7-12H2. The van der Waals surface area contributed by atoms with E-state index in [-0.39, 0.29) is 12.0 Å². The molecule has 0 amide bonds. The van der Waals surface area contributed by atoms with Crippen molar-refractivity contribution >= 4 is 22.6 Å². The molecule has 5 nitrogen and oxygen atoms in total. The van der Waals surface area contributed by atoms with Gasteiger partial charge in [-0.2, -0.15) is 0 Å². The Hall–Kier alpha value is -1.30. The van der Waals surface area contributed by atoms with E-state index in [1.54, 1.807) is 9.13 Å². The molecule has 6 heteroatoms. The van der Waals surface area contributed by atoms with Crippen LogP contribution in [0, 0.1) is 0 Å². The van der Waals surface area contributed by atoms with E-state index in [0.29, 0.717) is 25.6 Å². The number of rotatable bonds is 6. The van der Waals surface area contributed by atoms with Crippen molar-refractivity contribution in [1.29, 1.82) is 0 Å². The third-order valence-electron chi connectivity index (χ3n) is 3.99. The second-order valence-electron chi connectivity index (χ2n) is 5.43. The maximum atomic E-state index is 12.5. The van der Waals surface area contributed by atoms with Crippen LogP contribution in [0.1, 0.15) is 19.3 Å². The zero-order valence-corrected chi connectivity index (χ0v) is 13.3. The summed E-state index contributed by atoms with van der Waals surface area (Å²) < 4.78 is 14.8. The first-order valence-electron chi connectivity index (χ1n) is 7.78. The number of halogens is 1.